The highest BCUT2D eigenvalue weighted by Gasteiger charge is 2.12. The van der Waals surface area contributed by atoms with E-state index in [4.69, 9.17) is 9.47 Å². The highest BCUT2D eigenvalue weighted by atomic mass is 32.2. The molecule has 6 nitrogen and oxygen atoms in total. The van der Waals surface area contributed by atoms with Gasteiger partial charge in [-0.1, -0.05) is 56.7 Å². The van der Waals surface area contributed by atoms with E-state index in [1.54, 1.807) is 21.1 Å². The molecule has 174 valence electrons. The molecule has 0 N–H and O–H groups in total. The fourth-order valence-electron chi connectivity index (χ4n) is 3.44. The van der Waals surface area contributed by atoms with Crippen molar-refractivity contribution in [3.05, 3.63) is 39.1 Å². The summed E-state index contributed by atoms with van der Waals surface area (Å²) in [5.74, 6) is 2.32. The number of ether oxygens (including phenoxy) is 2. The minimum atomic E-state index is -0.409. The summed E-state index contributed by atoms with van der Waals surface area (Å²) in [6, 6.07) is 3.75. The SMILES string of the molecule is COc1cc(CCCCCCCCCCCSC(C)=O)c(OC)cc1/C=C(\C)[N+](=O)[O-]. The smallest absolute Gasteiger partial charge is 0.243 e. The van der Waals surface area contributed by atoms with Crippen LogP contribution < -0.4 is 9.47 Å². The predicted molar refractivity (Wildman–Crippen MR) is 129 cm³/mol. The van der Waals surface area contributed by atoms with Crippen LogP contribution in [-0.4, -0.2) is 30.0 Å². The van der Waals surface area contributed by atoms with E-state index >= 15 is 0 Å². The van der Waals surface area contributed by atoms with E-state index in [2.05, 4.69) is 0 Å². The average Bonchev–Trinajstić information content (AvgIpc) is 2.74. The fourth-order valence-corrected chi connectivity index (χ4v) is 4.08. The number of benzene rings is 1. The normalized spacial score (nSPS) is 11.4. The second-order valence-corrected chi connectivity index (χ2v) is 8.99. The lowest BCUT2D eigenvalue weighted by atomic mass is 10.0. The van der Waals surface area contributed by atoms with E-state index in [0.29, 0.717) is 11.3 Å². The van der Waals surface area contributed by atoms with Gasteiger partial charge in [0.05, 0.1) is 19.1 Å². The van der Waals surface area contributed by atoms with Crippen molar-refractivity contribution in [2.24, 2.45) is 0 Å². The third kappa shape index (κ3) is 11.2. The van der Waals surface area contributed by atoms with Gasteiger partial charge in [0, 0.05) is 31.2 Å². The molecule has 0 heterocycles. The Bertz CT molecular complexity index is 733. The number of nitro groups is 1. The van der Waals surface area contributed by atoms with Crippen LogP contribution in [0.25, 0.3) is 6.08 Å². The molecule has 7 heteroatoms. The molecular formula is C24H37NO5S. The zero-order chi connectivity index (χ0) is 23.1. The third-order valence-corrected chi connectivity index (χ3v) is 6.08. The van der Waals surface area contributed by atoms with Crippen LogP contribution in [0.4, 0.5) is 0 Å². The summed E-state index contributed by atoms with van der Waals surface area (Å²) in [4.78, 5) is 21.4. The maximum absolute atomic E-state index is 10.9. The Morgan fingerprint density at radius 1 is 0.935 bits per heavy atom. The molecule has 0 saturated carbocycles. The number of rotatable bonds is 16. The zero-order valence-corrected chi connectivity index (χ0v) is 20.2. The molecule has 0 spiro atoms. The van der Waals surface area contributed by atoms with Gasteiger partial charge in [-0.25, -0.2) is 0 Å². The van der Waals surface area contributed by atoms with Gasteiger partial charge in [-0.15, -0.1) is 0 Å². The lowest BCUT2D eigenvalue weighted by Gasteiger charge is -2.13. The van der Waals surface area contributed by atoms with E-state index in [-0.39, 0.29) is 10.8 Å². The Morgan fingerprint density at radius 3 is 2.00 bits per heavy atom. The maximum Gasteiger partial charge on any atom is 0.243 e. The Hall–Kier alpha value is -2.02. The van der Waals surface area contributed by atoms with Crippen molar-refractivity contribution in [2.45, 2.75) is 78.1 Å². The van der Waals surface area contributed by atoms with E-state index < -0.39 is 4.92 Å². The van der Waals surface area contributed by atoms with E-state index in [1.165, 1.54) is 69.7 Å². The van der Waals surface area contributed by atoms with Crippen molar-refractivity contribution >= 4 is 23.0 Å². The number of hydrogen-bond acceptors (Lipinski definition) is 6. The lowest BCUT2D eigenvalue weighted by Crippen LogP contribution is -1.98. The van der Waals surface area contributed by atoms with Gasteiger partial charge in [0.1, 0.15) is 11.5 Å². The van der Waals surface area contributed by atoms with Crippen LogP contribution >= 0.6 is 11.8 Å². The minimum absolute atomic E-state index is 0.0584. The summed E-state index contributed by atoms with van der Waals surface area (Å²) in [6.45, 7) is 3.09. The molecular weight excluding hydrogens is 414 g/mol. The second kappa shape index (κ2) is 15.7. The second-order valence-electron chi connectivity index (χ2n) is 7.72. The van der Waals surface area contributed by atoms with Gasteiger partial charge >= 0.3 is 0 Å². The Morgan fingerprint density at radius 2 is 1.48 bits per heavy atom. The van der Waals surface area contributed by atoms with Crippen molar-refractivity contribution in [2.75, 3.05) is 20.0 Å². The standard InChI is InChI=1S/C24H37NO5S/c1-19(25(27)28)16-22-18-23(29-3)21(17-24(22)30-4)14-12-10-8-6-5-7-9-11-13-15-31-20(2)26/h16-18H,5-15H2,1-4H3/b19-16+. The maximum atomic E-state index is 10.9. The van der Waals surface area contributed by atoms with Gasteiger partial charge in [-0.2, -0.15) is 0 Å². The molecule has 1 aromatic rings. The van der Waals surface area contributed by atoms with E-state index in [0.717, 1.165) is 36.3 Å². The molecule has 0 aliphatic carbocycles. The van der Waals surface area contributed by atoms with Crippen LogP contribution in [0.15, 0.2) is 17.8 Å². The van der Waals surface area contributed by atoms with Crippen LogP contribution in [0, 0.1) is 10.1 Å². The zero-order valence-electron chi connectivity index (χ0n) is 19.4. The molecule has 0 radical (unpaired) electrons. The van der Waals surface area contributed by atoms with Gasteiger partial charge in [-0.3, -0.25) is 14.9 Å². The van der Waals surface area contributed by atoms with E-state index in [1.807, 2.05) is 12.1 Å². The number of carbonyl (C=O) groups excluding carboxylic acids is 1. The van der Waals surface area contributed by atoms with Crippen LogP contribution in [0.2, 0.25) is 0 Å². The number of methoxy groups -OCH3 is 2. The van der Waals surface area contributed by atoms with Crippen molar-refractivity contribution in [3.8, 4) is 11.5 Å². The Labute approximate surface area is 190 Å². The molecule has 0 aliphatic rings. The van der Waals surface area contributed by atoms with Gasteiger partial charge in [0.15, 0.2) is 5.12 Å². The van der Waals surface area contributed by atoms with Crippen molar-refractivity contribution in [1.29, 1.82) is 0 Å². The summed E-state index contributed by atoms with van der Waals surface area (Å²) in [7, 11) is 3.20. The van der Waals surface area contributed by atoms with Crippen LogP contribution in [-0.2, 0) is 11.2 Å². The largest absolute Gasteiger partial charge is 0.496 e. The number of unbranched alkanes of at least 4 members (excludes halogenated alkanes) is 8. The highest BCUT2D eigenvalue weighted by molar-refractivity contribution is 8.13. The molecule has 0 bridgehead atoms. The monoisotopic (exact) mass is 451 g/mol. The summed E-state index contributed by atoms with van der Waals surface area (Å²) in [5.41, 5.74) is 1.78. The van der Waals surface area contributed by atoms with Crippen LogP contribution in [0.5, 0.6) is 11.5 Å². The lowest BCUT2D eigenvalue weighted by molar-refractivity contribution is -0.422. The summed E-state index contributed by atoms with van der Waals surface area (Å²) >= 11 is 1.43. The Kier molecular flexibility index (Phi) is 13.7. The molecule has 0 aliphatic heterocycles. The number of nitrogens with zero attached hydrogens (tertiary/aromatic N) is 1. The summed E-state index contributed by atoms with van der Waals surface area (Å²) < 4.78 is 11.0. The summed E-state index contributed by atoms with van der Waals surface area (Å²) in [5, 5.41) is 11.1. The van der Waals surface area contributed by atoms with Crippen LogP contribution in [0.1, 0.15) is 82.8 Å². The molecule has 1 rings (SSSR count). The number of allylic oxidation sites excluding steroid dienone is 1. The molecule has 0 fully saturated rings. The van der Waals surface area contributed by atoms with Crippen molar-refractivity contribution in [3.63, 3.8) is 0 Å². The predicted octanol–water partition coefficient (Wildman–Crippen LogP) is 6.67. The topological polar surface area (TPSA) is 78.7 Å². The number of aryl methyl sites for hydroxylation is 1. The molecule has 0 aromatic heterocycles. The number of carbonyl (C=O) groups is 1. The molecule has 0 amide bonds. The molecule has 31 heavy (non-hydrogen) atoms. The first-order valence-electron chi connectivity index (χ1n) is 11.1. The molecule has 1 aromatic carbocycles. The minimum Gasteiger partial charge on any atom is -0.496 e. The van der Waals surface area contributed by atoms with Crippen LogP contribution in [0.3, 0.4) is 0 Å². The quantitative estimate of drug-likeness (QED) is 0.159. The van der Waals surface area contributed by atoms with Gasteiger partial charge in [0.2, 0.25) is 5.70 Å². The first-order chi connectivity index (χ1) is 14.9. The average molecular weight is 452 g/mol. The van der Waals surface area contributed by atoms with Crippen molar-refractivity contribution in [1.82, 2.24) is 0 Å². The number of thioether (sulfide) groups is 1. The number of hydrogen-bond donors (Lipinski definition) is 0. The first kappa shape index (κ1) is 27.0. The fraction of sp³-hybridized carbons (Fsp3) is 0.625. The Balaban J connectivity index is 2.36. The highest BCUT2D eigenvalue weighted by Crippen LogP contribution is 2.31. The summed E-state index contributed by atoms with van der Waals surface area (Å²) in [6.07, 6.45) is 13.3. The molecule has 0 saturated heterocycles. The third-order valence-electron chi connectivity index (χ3n) is 5.18. The van der Waals surface area contributed by atoms with Gasteiger partial charge in [0.25, 0.3) is 0 Å². The van der Waals surface area contributed by atoms with Gasteiger partial charge < -0.3 is 9.47 Å². The first-order valence-corrected chi connectivity index (χ1v) is 12.1. The molecule has 0 unspecified atom stereocenters. The molecule has 0 atom stereocenters. The van der Waals surface area contributed by atoms with E-state index in [9.17, 15) is 14.9 Å². The van der Waals surface area contributed by atoms with Gasteiger partial charge in [-0.05, 0) is 37.0 Å². The van der Waals surface area contributed by atoms with Crippen molar-refractivity contribution < 1.29 is 19.2 Å².